The maximum Gasteiger partial charge on any atom is 0.0592 e. The van der Waals surface area contributed by atoms with Gasteiger partial charge < -0.3 is 14.7 Å². The van der Waals surface area contributed by atoms with Gasteiger partial charge in [0.25, 0.3) is 0 Å². The van der Waals surface area contributed by atoms with Gasteiger partial charge >= 0.3 is 0 Å². The summed E-state index contributed by atoms with van der Waals surface area (Å²) in [4.78, 5) is 2.49. The maximum absolute atomic E-state index is 9.79. The van der Waals surface area contributed by atoms with Gasteiger partial charge in [0.1, 0.15) is 0 Å². The Morgan fingerprint density at radius 3 is 2.87 bits per heavy atom. The first kappa shape index (κ1) is 12.9. The van der Waals surface area contributed by atoms with E-state index in [2.05, 4.69) is 18.7 Å². The molecule has 3 atom stereocenters. The van der Waals surface area contributed by atoms with Crippen LogP contribution in [0.4, 0.5) is 0 Å². The van der Waals surface area contributed by atoms with Gasteiger partial charge in [0.2, 0.25) is 0 Å². The Morgan fingerprint density at radius 2 is 2.27 bits per heavy atom. The van der Waals surface area contributed by atoms with Gasteiger partial charge in [0, 0.05) is 32.8 Å². The van der Waals surface area contributed by atoms with Gasteiger partial charge in [-0.25, -0.2) is 0 Å². The van der Waals surface area contributed by atoms with Gasteiger partial charge in [-0.05, 0) is 32.1 Å². The van der Waals surface area contributed by atoms with E-state index < -0.39 is 0 Å². The van der Waals surface area contributed by atoms with E-state index in [1.807, 2.05) is 0 Å². The number of aliphatic hydroxyl groups is 1. The van der Waals surface area contributed by atoms with Gasteiger partial charge in [-0.15, -0.1) is 0 Å². The number of likely N-dealkylation sites (tertiary alicyclic amines) is 1. The van der Waals surface area contributed by atoms with Crippen LogP contribution in [0.3, 0.4) is 0 Å². The molecule has 1 heterocycles. The minimum atomic E-state index is -0.0825. The van der Waals surface area contributed by atoms with Gasteiger partial charge in [-0.3, -0.25) is 0 Å². The molecule has 0 saturated carbocycles. The first-order valence-electron chi connectivity index (χ1n) is 6.10. The highest BCUT2D eigenvalue weighted by Crippen LogP contribution is 2.22. The summed E-state index contributed by atoms with van der Waals surface area (Å²) in [7, 11) is 1.75. The zero-order chi connectivity index (χ0) is 11.3. The summed E-state index contributed by atoms with van der Waals surface area (Å²) in [6, 6.07) is 0.575. The molecule has 1 aliphatic heterocycles. The van der Waals surface area contributed by atoms with E-state index >= 15 is 0 Å². The summed E-state index contributed by atoms with van der Waals surface area (Å²) < 4.78 is 5.10. The maximum atomic E-state index is 9.79. The van der Waals surface area contributed by atoms with E-state index in [1.165, 1.54) is 0 Å². The molecular weight excluding hydrogens is 190 g/mol. The van der Waals surface area contributed by atoms with Crippen molar-refractivity contribution >= 4 is 0 Å². The molecule has 0 aromatic carbocycles. The second-order valence-electron chi connectivity index (χ2n) is 4.65. The minimum Gasteiger partial charge on any atom is -0.393 e. The molecule has 3 heteroatoms. The molecular formula is C12H25NO2. The van der Waals surface area contributed by atoms with Crippen molar-refractivity contribution in [2.45, 2.75) is 45.3 Å². The van der Waals surface area contributed by atoms with Gasteiger partial charge in [-0.1, -0.05) is 6.92 Å². The van der Waals surface area contributed by atoms with E-state index in [9.17, 15) is 5.11 Å². The summed E-state index contributed by atoms with van der Waals surface area (Å²) in [5, 5.41) is 9.79. The zero-order valence-electron chi connectivity index (χ0n) is 10.3. The van der Waals surface area contributed by atoms with Crippen LogP contribution in [0.15, 0.2) is 0 Å². The van der Waals surface area contributed by atoms with Crippen molar-refractivity contribution in [3.63, 3.8) is 0 Å². The lowest BCUT2D eigenvalue weighted by Gasteiger charge is -2.39. The van der Waals surface area contributed by atoms with Crippen molar-refractivity contribution in [1.82, 2.24) is 4.90 Å². The number of aliphatic hydroxyl groups excluding tert-OH is 1. The summed E-state index contributed by atoms with van der Waals surface area (Å²) in [6.07, 6.45) is 3.01. The normalized spacial score (nSPS) is 30.4. The third-order valence-electron chi connectivity index (χ3n) is 3.61. The molecule has 1 rings (SSSR count). The molecule has 0 aromatic rings. The predicted molar refractivity (Wildman–Crippen MR) is 61.9 cm³/mol. The van der Waals surface area contributed by atoms with Crippen LogP contribution in [-0.4, -0.2) is 49.0 Å². The molecule has 0 spiro atoms. The minimum absolute atomic E-state index is 0.0825. The Bertz CT molecular complexity index is 175. The lowest BCUT2D eigenvalue weighted by atomic mass is 9.91. The van der Waals surface area contributed by atoms with Crippen LogP contribution in [0.5, 0.6) is 0 Å². The number of rotatable bonds is 5. The average molecular weight is 215 g/mol. The average Bonchev–Trinajstić information content (AvgIpc) is 2.26. The molecule has 15 heavy (non-hydrogen) atoms. The Hall–Kier alpha value is -0.120. The summed E-state index contributed by atoms with van der Waals surface area (Å²) >= 11 is 0. The Balaban J connectivity index is 2.36. The first-order valence-corrected chi connectivity index (χ1v) is 6.10. The van der Waals surface area contributed by atoms with Crippen molar-refractivity contribution in [3.8, 4) is 0 Å². The van der Waals surface area contributed by atoms with Crippen molar-refractivity contribution < 1.29 is 9.84 Å². The van der Waals surface area contributed by atoms with E-state index in [0.717, 1.165) is 39.0 Å². The second kappa shape index (κ2) is 6.46. The first-order chi connectivity index (χ1) is 7.19. The summed E-state index contributed by atoms with van der Waals surface area (Å²) in [5.41, 5.74) is 0. The number of nitrogens with zero attached hydrogens (tertiary/aromatic N) is 1. The highest BCUT2D eigenvalue weighted by molar-refractivity contribution is 4.81. The highest BCUT2D eigenvalue weighted by Gasteiger charge is 2.28. The van der Waals surface area contributed by atoms with Crippen molar-refractivity contribution in [2.24, 2.45) is 5.92 Å². The lowest BCUT2D eigenvalue weighted by Crippen LogP contribution is -2.47. The molecule has 1 aliphatic rings. The quantitative estimate of drug-likeness (QED) is 0.754. The number of hydrogen-bond donors (Lipinski definition) is 1. The van der Waals surface area contributed by atoms with Gasteiger partial charge in [0.15, 0.2) is 0 Å². The summed E-state index contributed by atoms with van der Waals surface area (Å²) in [5.74, 6) is 0.462. The zero-order valence-corrected chi connectivity index (χ0v) is 10.3. The second-order valence-corrected chi connectivity index (χ2v) is 4.65. The Labute approximate surface area is 93.4 Å². The van der Waals surface area contributed by atoms with Crippen LogP contribution in [0, 0.1) is 5.92 Å². The molecule has 3 nitrogen and oxygen atoms in total. The molecule has 0 amide bonds. The van der Waals surface area contributed by atoms with Gasteiger partial charge in [0.05, 0.1) is 6.10 Å². The molecule has 90 valence electrons. The van der Waals surface area contributed by atoms with Crippen molar-refractivity contribution in [2.75, 3.05) is 26.8 Å². The topological polar surface area (TPSA) is 32.7 Å². The van der Waals surface area contributed by atoms with Gasteiger partial charge in [-0.2, -0.15) is 0 Å². The van der Waals surface area contributed by atoms with Crippen LogP contribution in [-0.2, 0) is 4.74 Å². The van der Waals surface area contributed by atoms with E-state index in [4.69, 9.17) is 4.74 Å². The monoisotopic (exact) mass is 215 g/mol. The molecule has 1 saturated heterocycles. The molecule has 1 N–H and O–H groups in total. The van der Waals surface area contributed by atoms with E-state index in [0.29, 0.717) is 12.0 Å². The largest absolute Gasteiger partial charge is 0.393 e. The van der Waals surface area contributed by atoms with E-state index in [1.54, 1.807) is 7.11 Å². The smallest absolute Gasteiger partial charge is 0.0592 e. The number of piperidine rings is 1. The molecule has 0 aromatic heterocycles. The molecule has 0 radical (unpaired) electrons. The Morgan fingerprint density at radius 1 is 1.53 bits per heavy atom. The molecule has 0 bridgehead atoms. The highest BCUT2D eigenvalue weighted by atomic mass is 16.5. The third-order valence-corrected chi connectivity index (χ3v) is 3.61. The number of methoxy groups -OCH3 is 1. The fourth-order valence-electron chi connectivity index (χ4n) is 2.32. The van der Waals surface area contributed by atoms with Crippen molar-refractivity contribution in [3.05, 3.63) is 0 Å². The van der Waals surface area contributed by atoms with Crippen LogP contribution in [0.2, 0.25) is 0 Å². The van der Waals surface area contributed by atoms with Crippen LogP contribution < -0.4 is 0 Å². The lowest BCUT2D eigenvalue weighted by molar-refractivity contribution is 0.00595. The van der Waals surface area contributed by atoms with Crippen molar-refractivity contribution in [1.29, 1.82) is 0 Å². The summed E-state index contributed by atoms with van der Waals surface area (Å²) in [6.45, 7) is 7.32. The van der Waals surface area contributed by atoms with E-state index in [-0.39, 0.29) is 6.10 Å². The standard InChI is InChI=1S/C12H25NO2/c1-4-11-9-13(7-5-12(11)14)10(2)6-8-15-3/h10-12,14H,4-9H2,1-3H3. The molecule has 0 aliphatic carbocycles. The fraction of sp³-hybridized carbons (Fsp3) is 1.00. The fourth-order valence-corrected chi connectivity index (χ4v) is 2.32. The number of hydrogen-bond acceptors (Lipinski definition) is 3. The Kier molecular flexibility index (Phi) is 5.58. The number of ether oxygens (including phenoxy) is 1. The third kappa shape index (κ3) is 3.74. The SMILES string of the molecule is CCC1CN(C(C)CCOC)CCC1O. The molecule has 1 fully saturated rings. The van der Waals surface area contributed by atoms with Crippen LogP contribution in [0.25, 0.3) is 0 Å². The van der Waals surface area contributed by atoms with Crippen LogP contribution >= 0.6 is 0 Å². The van der Waals surface area contributed by atoms with Crippen LogP contribution in [0.1, 0.15) is 33.1 Å². The predicted octanol–water partition coefficient (Wildman–Crippen LogP) is 1.50. The molecule has 3 unspecified atom stereocenters.